The lowest BCUT2D eigenvalue weighted by Crippen LogP contribution is -2.34. The van der Waals surface area contributed by atoms with Gasteiger partial charge in [-0.1, -0.05) is 0 Å². The maximum absolute atomic E-state index is 11.7. The van der Waals surface area contributed by atoms with Gasteiger partial charge in [0.05, 0.1) is 18.0 Å². The fraction of sp³-hybridized carbons (Fsp3) is 0.692. The minimum atomic E-state index is -0.123. The van der Waals surface area contributed by atoms with Gasteiger partial charge in [0.25, 0.3) is 0 Å². The maximum atomic E-state index is 11.7. The first kappa shape index (κ1) is 14.0. The van der Waals surface area contributed by atoms with Gasteiger partial charge in [0.1, 0.15) is 6.61 Å². The third-order valence-electron chi connectivity index (χ3n) is 3.15. The van der Waals surface area contributed by atoms with Crippen molar-refractivity contribution >= 4 is 11.6 Å². The summed E-state index contributed by atoms with van der Waals surface area (Å²) in [6, 6.07) is 0.289. The zero-order valence-electron chi connectivity index (χ0n) is 11.6. The van der Waals surface area contributed by atoms with Crippen LogP contribution in [0.15, 0.2) is 12.4 Å². The number of hydrogen-bond acceptors (Lipinski definition) is 4. The first-order chi connectivity index (χ1) is 9.15. The largest absolute Gasteiger partial charge is 0.368 e. The Labute approximate surface area is 113 Å². The van der Waals surface area contributed by atoms with Crippen molar-refractivity contribution in [3.8, 4) is 0 Å². The van der Waals surface area contributed by atoms with E-state index in [1.54, 1.807) is 6.20 Å². The third-order valence-corrected chi connectivity index (χ3v) is 3.15. The molecule has 0 spiro atoms. The Morgan fingerprint density at radius 1 is 1.58 bits per heavy atom. The van der Waals surface area contributed by atoms with E-state index in [1.807, 2.05) is 24.7 Å². The Morgan fingerprint density at radius 3 is 2.95 bits per heavy atom. The summed E-state index contributed by atoms with van der Waals surface area (Å²) in [7, 11) is 0. The number of nitrogens with one attached hydrogen (secondary N) is 2. The van der Waals surface area contributed by atoms with E-state index in [1.165, 1.54) is 0 Å². The summed E-state index contributed by atoms with van der Waals surface area (Å²) >= 11 is 0. The summed E-state index contributed by atoms with van der Waals surface area (Å²) in [5, 5.41) is 10.2. The fourth-order valence-electron chi connectivity index (χ4n) is 2.04. The molecule has 0 unspecified atom stereocenters. The number of carbonyl (C=O) groups excluding carboxylic acids is 1. The highest BCUT2D eigenvalue weighted by atomic mass is 16.5. The minimum Gasteiger partial charge on any atom is -0.368 e. The average Bonchev–Trinajstić information content (AvgIpc) is 2.86. The van der Waals surface area contributed by atoms with Gasteiger partial charge in [-0.25, -0.2) is 0 Å². The minimum absolute atomic E-state index is 0.109. The standard InChI is InChI=1S/C13H22N4O2/c1-10(2)17-8-11(7-15-17)16-13(18)9-19-12-3-5-14-6-4-12/h7-8,10,12,14H,3-6,9H2,1-2H3,(H,16,18). The second-order valence-electron chi connectivity index (χ2n) is 5.11. The van der Waals surface area contributed by atoms with Crippen molar-refractivity contribution in [2.75, 3.05) is 25.0 Å². The van der Waals surface area contributed by atoms with Crippen molar-refractivity contribution in [1.82, 2.24) is 15.1 Å². The number of anilines is 1. The molecule has 1 fully saturated rings. The summed E-state index contributed by atoms with van der Waals surface area (Å²) in [6.07, 6.45) is 5.62. The molecule has 0 atom stereocenters. The van der Waals surface area contributed by atoms with Crippen LogP contribution in [0.5, 0.6) is 0 Å². The van der Waals surface area contributed by atoms with Gasteiger partial charge in [-0.15, -0.1) is 0 Å². The smallest absolute Gasteiger partial charge is 0.250 e. The van der Waals surface area contributed by atoms with Crippen molar-refractivity contribution in [1.29, 1.82) is 0 Å². The molecule has 1 aliphatic rings. The Kier molecular flexibility index (Phi) is 4.93. The van der Waals surface area contributed by atoms with Crippen LogP contribution in [-0.4, -0.2) is 41.5 Å². The van der Waals surface area contributed by atoms with Crippen molar-refractivity contribution in [2.24, 2.45) is 0 Å². The van der Waals surface area contributed by atoms with Gasteiger partial charge in [0.2, 0.25) is 5.91 Å². The third kappa shape index (κ3) is 4.33. The van der Waals surface area contributed by atoms with E-state index < -0.39 is 0 Å². The molecule has 0 aliphatic carbocycles. The summed E-state index contributed by atoms with van der Waals surface area (Å²) in [5.74, 6) is -0.123. The highest BCUT2D eigenvalue weighted by molar-refractivity contribution is 5.91. The predicted octanol–water partition coefficient (Wildman–Crippen LogP) is 1.17. The van der Waals surface area contributed by atoms with Gasteiger partial charge in [-0.2, -0.15) is 5.10 Å². The van der Waals surface area contributed by atoms with Crippen LogP contribution in [0.2, 0.25) is 0 Å². The molecule has 1 saturated heterocycles. The Hall–Kier alpha value is -1.40. The van der Waals surface area contributed by atoms with Crippen LogP contribution in [-0.2, 0) is 9.53 Å². The molecule has 0 radical (unpaired) electrons. The molecule has 6 nitrogen and oxygen atoms in total. The van der Waals surface area contributed by atoms with Crippen LogP contribution in [0.1, 0.15) is 32.7 Å². The number of carbonyl (C=O) groups is 1. The lowest BCUT2D eigenvalue weighted by atomic mass is 10.1. The summed E-state index contributed by atoms with van der Waals surface area (Å²) in [4.78, 5) is 11.7. The zero-order valence-corrected chi connectivity index (χ0v) is 11.6. The number of rotatable bonds is 5. The van der Waals surface area contributed by atoms with Crippen LogP contribution in [0.25, 0.3) is 0 Å². The second kappa shape index (κ2) is 6.68. The highest BCUT2D eigenvalue weighted by Crippen LogP contribution is 2.10. The normalized spacial score (nSPS) is 16.8. The van der Waals surface area contributed by atoms with E-state index >= 15 is 0 Å². The molecule has 2 heterocycles. The number of aromatic nitrogens is 2. The van der Waals surface area contributed by atoms with Crippen LogP contribution >= 0.6 is 0 Å². The monoisotopic (exact) mass is 266 g/mol. The molecule has 1 aromatic rings. The Bertz CT molecular complexity index is 411. The molecule has 0 saturated carbocycles. The summed E-state index contributed by atoms with van der Waals surface area (Å²) < 4.78 is 7.40. The van der Waals surface area contributed by atoms with Gasteiger partial charge in [0, 0.05) is 12.2 Å². The van der Waals surface area contributed by atoms with Gasteiger partial charge < -0.3 is 15.4 Å². The van der Waals surface area contributed by atoms with Gasteiger partial charge in [-0.05, 0) is 39.8 Å². The van der Waals surface area contributed by atoms with Crippen molar-refractivity contribution in [3.63, 3.8) is 0 Å². The van der Waals surface area contributed by atoms with Crippen molar-refractivity contribution in [2.45, 2.75) is 38.8 Å². The molecule has 1 aromatic heterocycles. The zero-order chi connectivity index (χ0) is 13.7. The Morgan fingerprint density at radius 2 is 2.32 bits per heavy atom. The van der Waals surface area contributed by atoms with Gasteiger partial charge in [-0.3, -0.25) is 9.48 Å². The van der Waals surface area contributed by atoms with Crippen LogP contribution in [0, 0.1) is 0 Å². The molecule has 19 heavy (non-hydrogen) atoms. The molecule has 0 aromatic carbocycles. The molecule has 0 bridgehead atoms. The molecule has 106 valence electrons. The SMILES string of the molecule is CC(C)n1cc(NC(=O)COC2CCNCC2)cn1. The van der Waals surface area contributed by atoms with Crippen LogP contribution in [0.4, 0.5) is 5.69 Å². The lowest BCUT2D eigenvalue weighted by molar-refractivity contribution is -0.123. The summed E-state index contributed by atoms with van der Waals surface area (Å²) in [5.41, 5.74) is 0.715. The second-order valence-corrected chi connectivity index (χ2v) is 5.11. The predicted molar refractivity (Wildman–Crippen MR) is 73.1 cm³/mol. The molecule has 2 N–H and O–H groups in total. The van der Waals surface area contributed by atoms with Crippen LogP contribution < -0.4 is 10.6 Å². The highest BCUT2D eigenvalue weighted by Gasteiger charge is 2.15. The summed E-state index contributed by atoms with van der Waals surface area (Å²) in [6.45, 7) is 6.12. The Balaban J connectivity index is 1.73. The lowest BCUT2D eigenvalue weighted by Gasteiger charge is -2.22. The molecule has 1 aliphatic heterocycles. The topological polar surface area (TPSA) is 68.2 Å². The number of hydrogen-bond donors (Lipinski definition) is 2. The maximum Gasteiger partial charge on any atom is 0.250 e. The van der Waals surface area contributed by atoms with E-state index in [0.29, 0.717) is 5.69 Å². The molecular formula is C13H22N4O2. The average molecular weight is 266 g/mol. The molecule has 2 rings (SSSR count). The van der Waals surface area contributed by atoms with E-state index in [0.717, 1.165) is 25.9 Å². The van der Waals surface area contributed by atoms with E-state index in [2.05, 4.69) is 15.7 Å². The number of amides is 1. The fourth-order valence-corrected chi connectivity index (χ4v) is 2.04. The van der Waals surface area contributed by atoms with Crippen molar-refractivity contribution in [3.05, 3.63) is 12.4 Å². The first-order valence-electron chi connectivity index (χ1n) is 6.81. The van der Waals surface area contributed by atoms with Crippen molar-refractivity contribution < 1.29 is 9.53 Å². The molecule has 6 heteroatoms. The van der Waals surface area contributed by atoms with Gasteiger partial charge >= 0.3 is 0 Å². The number of ether oxygens (including phenoxy) is 1. The van der Waals surface area contributed by atoms with E-state index in [-0.39, 0.29) is 24.7 Å². The van der Waals surface area contributed by atoms with E-state index in [9.17, 15) is 4.79 Å². The molecular weight excluding hydrogens is 244 g/mol. The quantitative estimate of drug-likeness (QED) is 0.839. The van der Waals surface area contributed by atoms with Crippen LogP contribution in [0.3, 0.4) is 0 Å². The van der Waals surface area contributed by atoms with E-state index in [4.69, 9.17) is 4.74 Å². The first-order valence-corrected chi connectivity index (χ1v) is 6.81. The number of nitrogens with zero attached hydrogens (tertiary/aromatic N) is 2. The van der Waals surface area contributed by atoms with Gasteiger partial charge in [0.15, 0.2) is 0 Å². The number of piperidine rings is 1. The molecule has 1 amide bonds.